The van der Waals surface area contributed by atoms with Crippen molar-refractivity contribution in [3.8, 4) is 0 Å². The molecule has 0 aliphatic carbocycles. The molecule has 0 unspecified atom stereocenters. The molecule has 0 spiro atoms. The normalized spacial score (nSPS) is 11.4. The van der Waals surface area contributed by atoms with Crippen LogP contribution in [0.1, 0.15) is 37.7 Å². The van der Waals surface area contributed by atoms with Gasteiger partial charge in [0, 0.05) is 37.8 Å². The summed E-state index contributed by atoms with van der Waals surface area (Å²) >= 11 is 0. The lowest BCUT2D eigenvalue weighted by molar-refractivity contribution is 0.785. The second kappa shape index (κ2) is 5.95. The van der Waals surface area contributed by atoms with Crippen molar-refractivity contribution < 1.29 is 0 Å². The van der Waals surface area contributed by atoms with Crippen LogP contribution < -0.4 is 5.32 Å². The summed E-state index contributed by atoms with van der Waals surface area (Å²) in [7, 11) is 0. The lowest BCUT2D eigenvalue weighted by Gasteiger charge is -2.05. The third-order valence-corrected chi connectivity index (χ3v) is 3.44. The minimum atomic E-state index is 0.414. The number of fused-ring (bicyclic) bond motifs is 1. The lowest BCUT2D eigenvalue weighted by Crippen LogP contribution is -2.06. The van der Waals surface area contributed by atoms with Gasteiger partial charge in [-0.3, -0.25) is 0 Å². The lowest BCUT2D eigenvalue weighted by atomic mass is 10.1. The highest BCUT2D eigenvalue weighted by Crippen LogP contribution is 2.19. The molecule has 0 aliphatic rings. The van der Waals surface area contributed by atoms with Gasteiger partial charge < -0.3 is 10.3 Å². The van der Waals surface area contributed by atoms with Crippen molar-refractivity contribution in [3.63, 3.8) is 0 Å². The molecule has 3 heterocycles. The molecule has 0 amide bonds. The fraction of sp³-hybridized carbons (Fsp3) is 0.400. The number of aromatic nitrogens is 5. The van der Waals surface area contributed by atoms with E-state index < -0.39 is 0 Å². The summed E-state index contributed by atoms with van der Waals surface area (Å²) in [4.78, 5) is 11.8. The average molecular weight is 284 g/mol. The summed E-state index contributed by atoms with van der Waals surface area (Å²) < 4.78 is 1.89. The molecule has 6 heteroatoms. The predicted octanol–water partition coefficient (Wildman–Crippen LogP) is 2.62. The van der Waals surface area contributed by atoms with E-state index in [1.165, 1.54) is 0 Å². The number of aryl methyl sites for hydroxylation is 1. The highest BCUT2D eigenvalue weighted by Gasteiger charge is 2.09. The van der Waals surface area contributed by atoms with E-state index in [1.54, 1.807) is 12.4 Å². The molecule has 0 saturated carbocycles. The highest BCUT2D eigenvalue weighted by atomic mass is 15.2. The number of nitrogens with zero attached hydrogens (tertiary/aromatic N) is 4. The van der Waals surface area contributed by atoms with E-state index in [9.17, 15) is 0 Å². The van der Waals surface area contributed by atoms with Crippen LogP contribution in [0.25, 0.3) is 5.52 Å². The van der Waals surface area contributed by atoms with E-state index in [2.05, 4.69) is 45.3 Å². The van der Waals surface area contributed by atoms with Gasteiger partial charge in [0.1, 0.15) is 11.3 Å². The second-order valence-electron chi connectivity index (χ2n) is 5.40. The minimum Gasteiger partial charge on any atom is -0.368 e. The number of anilines is 1. The molecule has 6 nitrogen and oxygen atoms in total. The van der Waals surface area contributed by atoms with Crippen LogP contribution in [0, 0.1) is 0 Å². The first-order valence-electron chi connectivity index (χ1n) is 7.30. The van der Waals surface area contributed by atoms with Crippen molar-refractivity contribution in [1.82, 2.24) is 24.6 Å². The summed E-state index contributed by atoms with van der Waals surface area (Å²) in [6, 6.07) is 2.10. The maximum atomic E-state index is 4.56. The van der Waals surface area contributed by atoms with Crippen LogP contribution in [0.3, 0.4) is 0 Å². The van der Waals surface area contributed by atoms with Gasteiger partial charge in [-0.2, -0.15) is 5.10 Å². The Labute approximate surface area is 123 Å². The van der Waals surface area contributed by atoms with Crippen molar-refractivity contribution in [3.05, 3.63) is 42.4 Å². The van der Waals surface area contributed by atoms with Crippen molar-refractivity contribution in [2.24, 2.45) is 0 Å². The van der Waals surface area contributed by atoms with Gasteiger partial charge in [-0.05, 0) is 18.4 Å². The van der Waals surface area contributed by atoms with Gasteiger partial charge in [0.05, 0.1) is 5.69 Å². The number of rotatable bonds is 6. The van der Waals surface area contributed by atoms with Crippen LogP contribution in [0.4, 0.5) is 5.82 Å². The van der Waals surface area contributed by atoms with E-state index >= 15 is 0 Å². The largest absolute Gasteiger partial charge is 0.368 e. The zero-order valence-corrected chi connectivity index (χ0v) is 12.4. The Bertz CT molecular complexity index is 698. The minimum absolute atomic E-state index is 0.414. The Kier molecular flexibility index (Phi) is 3.85. The molecule has 0 saturated heterocycles. The second-order valence-corrected chi connectivity index (χ2v) is 5.40. The van der Waals surface area contributed by atoms with Crippen LogP contribution in [0.15, 0.2) is 30.9 Å². The van der Waals surface area contributed by atoms with Gasteiger partial charge in [0.25, 0.3) is 0 Å². The van der Waals surface area contributed by atoms with Crippen molar-refractivity contribution in [2.75, 3.05) is 11.9 Å². The Morgan fingerprint density at radius 1 is 1.29 bits per heavy atom. The molecule has 0 radical (unpaired) electrons. The van der Waals surface area contributed by atoms with Crippen LogP contribution in [-0.2, 0) is 6.42 Å². The number of imidazole rings is 1. The quantitative estimate of drug-likeness (QED) is 0.683. The molecular weight excluding hydrogens is 264 g/mol. The molecule has 0 bridgehead atoms. The average Bonchev–Trinajstić information content (AvgIpc) is 3.12. The SMILES string of the molecule is CC(C)c1cc2c(NCCCc3ncc[nH]3)nccn2n1. The molecule has 110 valence electrons. The summed E-state index contributed by atoms with van der Waals surface area (Å²) in [5.74, 6) is 2.32. The summed E-state index contributed by atoms with van der Waals surface area (Å²) in [6.07, 6.45) is 9.23. The highest BCUT2D eigenvalue weighted by molar-refractivity contribution is 5.67. The molecule has 0 aliphatic heterocycles. The van der Waals surface area contributed by atoms with Crippen LogP contribution in [0.2, 0.25) is 0 Å². The molecular formula is C15H20N6. The number of aromatic amines is 1. The molecule has 0 aromatic carbocycles. The van der Waals surface area contributed by atoms with E-state index in [-0.39, 0.29) is 0 Å². The van der Waals surface area contributed by atoms with Crippen LogP contribution in [-0.4, -0.2) is 31.1 Å². The monoisotopic (exact) mass is 284 g/mol. The van der Waals surface area contributed by atoms with Crippen molar-refractivity contribution in [2.45, 2.75) is 32.6 Å². The third-order valence-electron chi connectivity index (χ3n) is 3.44. The van der Waals surface area contributed by atoms with Gasteiger partial charge in [-0.15, -0.1) is 0 Å². The Morgan fingerprint density at radius 3 is 2.95 bits per heavy atom. The molecule has 21 heavy (non-hydrogen) atoms. The maximum Gasteiger partial charge on any atom is 0.152 e. The van der Waals surface area contributed by atoms with Crippen molar-refractivity contribution in [1.29, 1.82) is 0 Å². The first kappa shape index (κ1) is 13.6. The smallest absolute Gasteiger partial charge is 0.152 e. The molecule has 3 aromatic rings. The summed E-state index contributed by atoms with van der Waals surface area (Å²) in [6.45, 7) is 5.15. The summed E-state index contributed by atoms with van der Waals surface area (Å²) in [5, 5.41) is 7.95. The molecule has 0 atom stereocenters. The van der Waals surface area contributed by atoms with Crippen LogP contribution in [0.5, 0.6) is 0 Å². The fourth-order valence-electron chi connectivity index (χ4n) is 2.26. The molecule has 3 rings (SSSR count). The number of H-pyrrole nitrogens is 1. The van der Waals surface area contributed by atoms with E-state index in [0.29, 0.717) is 5.92 Å². The number of nitrogens with one attached hydrogen (secondary N) is 2. The van der Waals surface area contributed by atoms with Crippen molar-refractivity contribution >= 4 is 11.3 Å². The van der Waals surface area contributed by atoms with Gasteiger partial charge in [0.2, 0.25) is 0 Å². The first-order valence-corrected chi connectivity index (χ1v) is 7.30. The van der Waals surface area contributed by atoms with Gasteiger partial charge in [0.15, 0.2) is 5.82 Å². The Balaban J connectivity index is 1.66. The van der Waals surface area contributed by atoms with Gasteiger partial charge in [-0.25, -0.2) is 14.5 Å². The van der Waals surface area contributed by atoms with E-state index in [1.807, 2.05) is 16.9 Å². The first-order chi connectivity index (χ1) is 10.2. The van der Waals surface area contributed by atoms with Gasteiger partial charge in [-0.1, -0.05) is 13.8 Å². The number of hydrogen-bond acceptors (Lipinski definition) is 4. The zero-order valence-electron chi connectivity index (χ0n) is 12.4. The molecule has 2 N–H and O–H groups in total. The van der Waals surface area contributed by atoms with E-state index in [4.69, 9.17) is 0 Å². The summed E-state index contributed by atoms with van der Waals surface area (Å²) in [5.41, 5.74) is 2.11. The fourth-order valence-corrected chi connectivity index (χ4v) is 2.26. The topological polar surface area (TPSA) is 70.9 Å². The Morgan fingerprint density at radius 2 is 2.19 bits per heavy atom. The van der Waals surface area contributed by atoms with E-state index in [0.717, 1.165) is 42.2 Å². The van der Waals surface area contributed by atoms with Gasteiger partial charge >= 0.3 is 0 Å². The number of hydrogen-bond donors (Lipinski definition) is 2. The standard InChI is InChI=1S/C15H20N6/c1-11(2)12-10-13-15(19-8-9-21(13)20-12)18-5-3-4-14-16-6-7-17-14/h6-11H,3-5H2,1-2H3,(H,16,17)(H,18,19). The molecule has 3 aromatic heterocycles. The zero-order chi connectivity index (χ0) is 14.7. The third kappa shape index (κ3) is 3.04. The molecule has 0 fully saturated rings. The maximum absolute atomic E-state index is 4.56. The van der Waals surface area contributed by atoms with Crippen LogP contribution >= 0.6 is 0 Å². The predicted molar refractivity (Wildman–Crippen MR) is 82.5 cm³/mol. The Hall–Kier alpha value is -2.37.